The molecule has 1 unspecified atom stereocenters. The lowest BCUT2D eigenvalue weighted by Gasteiger charge is -2.08. The zero-order valence-electron chi connectivity index (χ0n) is 8.67. The molecule has 13 heavy (non-hydrogen) atoms. The van der Waals surface area contributed by atoms with Crippen LogP contribution in [0.15, 0.2) is 29.3 Å². The molecule has 0 saturated heterocycles. The van der Waals surface area contributed by atoms with Crippen LogP contribution in [0.5, 0.6) is 0 Å². The molecule has 0 fully saturated rings. The van der Waals surface area contributed by atoms with Gasteiger partial charge in [-0.05, 0) is 32.4 Å². The number of aliphatic hydroxyl groups is 1. The van der Waals surface area contributed by atoms with Gasteiger partial charge in [0.15, 0.2) is 0 Å². The fourth-order valence-electron chi connectivity index (χ4n) is 0.973. The van der Waals surface area contributed by atoms with E-state index in [9.17, 15) is 5.11 Å². The molecule has 0 spiro atoms. The molecular weight excluding hydrogens is 162 g/mol. The third-order valence-electron chi connectivity index (χ3n) is 2.01. The Morgan fingerprint density at radius 2 is 2.15 bits per heavy atom. The van der Waals surface area contributed by atoms with Crippen molar-refractivity contribution < 1.29 is 5.11 Å². The first-order chi connectivity index (χ1) is 6.11. The van der Waals surface area contributed by atoms with E-state index in [1.165, 1.54) is 0 Å². The van der Waals surface area contributed by atoms with Gasteiger partial charge >= 0.3 is 0 Å². The van der Waals surface area contributed by atoms with Crippen LogP contribution in [0.4, 0.5) is 0 Å². The minimum atomic E-state index is 0.276. The van der Waals surface area contributed by atoms with Crippen molar-refractivity contribution in [3.05, 3.63) is 29.3 Å². The Bertz CT molecular complexity index is 234. The lowest BCUT2D eigenvalue weighted by molar-refractivity contribution is 0.373. The second-order valence-electron chi connectivity index (χ2n) is 3.11. The van der Waals surface area contributed by atoms with E-state index in [1.54, 1.807) is 12.2 Å². The minimum Gasteiger partial charge on any atom is -0.513 e. The Morgan fingerprint density at radius 1 is 1.54 bits per heavy atom. The maximum absolute atomic E-state index is 9.20. The number of aliphatic hydroxyl groups excluding tert-OH is 1. The van der Waals surface area contributed by atoms with Gasteiger partial charge in [0.05, 0.1) is 11.5 Å². The highest BCUT2D eigenvalue weighted by Crippen LogP contribution is 2.14. The normalized spacial score (nSPS) is 13.3. The van der Waals surface area contributed by atoms with E-state index in [2.05, 4.69) is 5.73 Å². The predicted octanol–water partition coefficient (Wildman–Crippen LogP) is 2.88. The molecule has 0 amide bonds. The highest BCUT2D eigenvalue weighted by molar-refractivity contribution is 5.01. The van der Waals surface area contributed by atoms with Gasteiger partial charge in [-0.1, -0.05) is 6.92 Å². The first-order valence-corrected chi connectivity index (χ1v) is 4.62. The molecular formula is C11H19NO. The molecule has 0 bridgehead atoms. The van der Waals surface area contributed by atoms with Gasteiger partial charge < -0.3 is 10.8 Å². The van der Waals surface area contributed by atoms with Crippen LogP contribution in [0.3, 0.4) is 0 Å². The van der Waals surface area contributed by atoms with E-state index in [-0.39, 0.29) is 5.92 Å². The molecule has 2 heteroatoms. The molecule has 0 heterocycles. The summed E-state index contributed by atoms with van der Waals surface area (Å²) in [6.07, 6.45) is 5.07. The van der Waals surface area contributed by atoms with E-state index < -0.39 is 0 Å². The van der Waals surface area contributed by atoms with Crippen molar-refractivity contribution >= 4 is 0 Å². The molecule has 2 nitrogen and oxygen atoms in total. The molecule has 1 atom stereocenters. The summed E-state index contributed by atoms with van der Waals surface area (Å²) in [7, 11) is 0. The lowest BCUT2D eigenvalue weighted by Crippen LogP contribution is -2.07. The Hall–Kier alpha value is -1.14. The van der Waals surface area contributed by atoms with Crippen LogP contribution in [0.25, 0.3) is 0 Å². The fraction of sp³-hybridized carbons (Fsp3) is 0.545. The quantitative estimate of drug-likeness (QED) is 0.517. The van der Waals surface area contributed by atoms with Gasteiger partial charge in [0.25, 0.3) is 0 Å². The predicted molar refractivity (Wildman–Crippen MR) is 56.2 cm³/mol. The van der Waals surface area contributed by atoms with Crippen molar-refractivity contribution in [3.8, 4) is 0 Å². The number of hydrogen-bond acceptors (Lipinski definition) is 2. The number of hydrogen-bond donors (Lipinski definition) is 2. The maximum Gasteiger partial charge on any atom is 0.0880 e. The third kappa shape index (κ3) is 5.15. The zero-order chi connectivity index (χ0) is 10.3. The smallest absolute Gasteiger partial charge is 0.0880 e. The van der Waals surface area contributed by atoms with Crippen LogP contribution < -0.4 is 5.73 Å². The highest BCUT2D eigenvalue weighted by atomic mass is 16.3. The van der Waals surface area contributed by atoms with E-state index >= 15 is 0 Å². The van der Waals surface area contributed by atoms with E-state index in [1.807, 2.05) is 20.8 Å². The van der Waals surface area contributed by atoms with Crippen molar-refractivity contribution in [2.45, 2.75) is 33.6 Å². The summed E-state index contributed by atoms with van der Waals surface area (Å²) in [5.74, 6) is 0.707. The molecule has 0 saturated carbocycles. The average Bonchev–Trinajstić information content (AvgIpc) is 2.13. The molecule has 0 rings (SSSR count). The van der Waals surface area contributed by atoms with Gasteiger partial charge in [0.1, 0.15) is 0 Å². The number of nitrogens with two attached hydrogens (primary N) is 1. The lowest BCUT2D eigenvalue weighted by atomic mass is 10.0. The van der Waals surface area contributed by atoms with Crippen molar-refractivity contribution in [2.75, 3.05) is 0 Å². The summed E-state index contributed by atoms with van der Waals surface area (Å²) in [6, 6.07) is 0. The molecule has 0 aromatic rings. The summed E-state index contributed by atoms with van der Waals surface area (Å²) in [4.78, 5) is 0. The largest absolute Gasteiger partial charge is 0.513 e. The Morgan fingerprint density at radius 3 is 2.62 bits per heavy atom. The summed E-state index contributed by atoms with van der Waals surface area (Å²) in [5.41, 5.74) is 9.44. The average molecular weight is 181 g/mol. The van der Waals surface area contributed by atoms with Crippen molar-refractivity contribution in [1.82, 2.24) is 0 Å². The van der Waals surface area contributed by atoms with Crippen molar-refractivity contribution in [1.29, 1.82) is 0 Å². The first-order valence-electron chi connectivity index (χ1n) is 4.62. The van der Waals surface area contributed by atoms with Crippen LogP contribution >= 0.6 is 0 Å². The molecule has 0 aliphatic rings. The fourth-order valence-corrected chi connectivity index (χ4v) is 0.973. The molecule has 0 aliphatic carbocycles. The van der Waals surface area contributed by atoms with Gasteiger partial charge in [0, 0.05) is 12.3 Å². The molecule has 0 aromatic carbocycles. The van der Waals surface area contributed by atoms with Gasteiger partial charge in [-0.15, -0.1) is 5.73 Å². The van der Waals surface area contributed by atoms with Crippen LogP contribution in [-0.4, -0.2) is 5.11 Å². The SMILES string of the molecule is CC=C=C(N)C(C)CC/C(O)=C\C. The summed E-state index contributed by atoms with van der Waals surface area (Å²) in [6.45, 7) is 5.75. The van der Waals surface area contributed by atoms with E-state index in [0.717, 1.165) is 12.1 Å². The Kier molecular flexibility index (Phi) is 5.82. The second-order valence-corrected chi connectivity index (χ2v) is 3.11. The van der Waals surface area contributed by atoms with Crippen LogP contribution in [0.1, 0.15) is 33.6 Å². The van der Waals surface area contributed by atoms with Crippen LogP contribution in [-0.2, 0) is 0 Å². The molecule has 0 aromatic heterocycles. The monoisotopic (exact) mass is 181 g/mol. The van der Waals surface area contributed by atoms with E-state index in [0.29, 0.717) is 12.2 Å². The topological polar surface area (TPSA) is 46.2 Å². The molecule has 74 valence electrons. The molecule has 0 radical (unpaired) electrons. The van der Waals surface area contributed by atoms with Crippen molar-refractivity contribution in [3.63, 3.8) is 0 Å². The highest BCUT2D eigenvalue weighted by Gasteiger charge is 2.04. The van der Waals surface area contributed by atoms with Gasteiger partial charge in [-0.25, -0.2) is 0 Å². The minimum absolute atomic E-state index is 0.276. The summed E-state index contributed by atoms with van der Waals surface area (Å²) < 4.78 is 0. The van der Waals surface area contributed by atoms with E-state index in [4.69, 9.17) is 5.73 Å². The Labute approximate surface area is 80.5 Å². The van der Waals surface area contributed by atoms with Gasteiger partial charge in [-0.3, -0.25) is 0 Å². The van der Waals surface area contributed by atoms with Crippen LogP contribution in [0, 0.1) is 5.92 Å². The van der Waals surface area contributed by atoms with Crippen LogP contribution in [0.2, 0.25) is 0 Å². The summed E-state index contributed by atoms with van der Waals surface area (Å²) >= 11 is 0. The number of rotatable bonds is 4. The summed E-state index contributed by atoms with van der Waals surface area (Å²) in [5, 5.41) is 9.20. The second kappa shape index (κ2) is 6.38. The van der Waals surface area contributed by atoms with Gasteiger partial charge in [0.2, 0.25) is 0 Å². The third-order valence-corrected chi connectivity index (χ3v) is 2.01. The zero-order valence-corrected chi connectivity index (χ0v) is 8.67. The molecule has 0 aliphatic heterocycles. The first kappa shape index (κ1) is 11.9. The Balaban J connectivity index is 4.02. The van der Waals surface area contributed by atoms with Gasteiger partial charge in [-0.2, -0.15) is 0 Å². The number of allylic oxidation sites excluding steroid dienone is 3. The maximum atomic E-state index is 9.20. The molecule has 3 N–H and O–H groups in total. The standard InChI is InChI=1S/C11H19NO/c1-4-6-11(12)9(3)7-8-10(13)5-2/h4-5,9,13H,7-8,12H2,1-3H3/b10-5+. The van der Waals surface area contributed by atoms with Crippen molar-refractivity contribution in [2.24, 2.45) is 11.7 Å².